The molecule has 0 nitrogen and oxygen atoms in total. The molecule has 0 unspecified atom stereocenters. The van der Waals surface area contributed by atoms with Crippen molar-refractivity contribution in [3.05, 3.63) is 75.2 Å². The van der Waals surface area contributed by atoms with Crippen molar-refractivity contribution in [2.75, 3.05) is 0 Å². The standard InChI is InChI=1S/C14H8Cl3.Li/c15-9-14(10-1-5-12(16)6-2-10)11-3-7-13(17)8-4-11;/h1-8H;/q-1;+1. The van der Waals surface area contributed by atoms with Crippen molar-refractivity contribution in [1.29, 1.82) is 0 Å². The van der Waals surface area contributed by atoms with E-state index in [1.54, 1.807) is 0 Å². The summed E-state index contributed by atoms with van der Waals surface area (Å²) in [4.78, 5) is 0. The van der Waals surface area contributed by atoms with E-state index in [4.69, 9.17) is 34.8 Å². The van der Waals surface area contributed by atoms with Crippen LogP contribution in [-0.2, 0) is 0 Å². The Morgan fingerprint density at radius 3 is 1.33 bits per heavy atom. The molecule has 0 fully saturated rings. The molecule has 0 spiro atoms. The van der Waals surface area contributed by atoms with Gasteiger partial charge in [-0.1, -0.05) is 53.0 Å². The van der Waals surface area contributed by atoms with Crippen LogP contribution in [0.15, 0.2) is 48.5 Å². The molecule has 0 N–H and O–H groups in total. The first kappa shape index (κ1) is 15.7. The number of hydrogen-bond acceptors (Lipinski definition) is 0. The van der Waals surface area contributed by atoms with E-state index in [2.05, 4.69) is 5.54 Å². The van der Waals surface area contributed by atoms with Crippen LogP contribution in [0.1, 0.15) is 11.1 Å². The molecule has 2 aromatic carbocycles. The van der Waals surface area contributed by atoms with Gasteiger partial charge in [0.25, 0.3) is 0 Å². The van der Waals surface area contributed by atoms with Crippen LogP contribution in [0.4, 0.5) is 0 Å². The van der Waals surface area contributed by atoms with Crippen molar-refractivity contribution in [1.82, 2.24) is 0 Å². The number of benzene rings is 2. The fourth-order valence-corrected chi connectivity index (χ4v) is 1.98. The van der Waals surface area contributed by atoms with E-state index in [1.807, 2.05) is 48.5 Å². The number of halogens is 3. The van der Waals surface area contributed by atoms with Crippen molar-refractivity contribution < 1.29 is 18.9 Å². The summed E-state index contributed by atoms with van der Waals surface area (Å²) in [7, 11) is 0. The zero-order chi connectivity index (χ0) is 12.3. The minimum absolute atomic E-state index is 0. The van der Waals surface area contributed by atoms with Crippen molar-refractivity contribution in [2.45, 2.75) is 0 Å². The molecule has 0 aliphatic rings. The van der Waals surface area contributed by atoms with Gasteiger partial charge in [0, 0.05) is 10.0 Å². The van der Waals surface area contributed by atoms with Gasteiger partial charge >= 0.3 is 18.9 Å². The maximum atomic E-state index is 5.85. The molecule has 0 radical (unpaired) electrons. The van der Waals surface area contributed by atoms with Crippen LogP contribution >= 0.6 is 34.8 Å². The molecule has 18 heavy (non-hydrogen) atoms. The van der Waals surface area contributed by atoms with E-state index < -0.39 is 0 Å². The van der Waals surface area contributed by atoms with Gasteiger partial charge in [0.05, 0.1) is 0 Å². The van der Waals surface area contributed by atoms with E-state index in [0.29, 0.717) is 10.0 Å². The largest absolute Gasteiger partial charge is 1.00 e. The Labute approximate surface area is 134 Å². The topological polar surface area (TPSA) is 0 Å². The fourth-order valence-electron chi connectivity index (χ4n) is 1.51. The number of hydrogen-bond donors (Lipinski definition) is 0. The van der Waals surface area contributed by atoms with E-state index in [-0.39, 0.29) is 18.9 Å². The Morgan fingerprint density at radius 2 is 1.06 bits per heavy atom. The van der Waals surface area contributed by atoms with Gasteiger partial charge in [0.2, 0.25) is 0 Å². The molecule has 0 saturated carbocycles. The average molecular weight is 290 g/mol. The molecule has 0 aliphatic heterocycles. The molecule has 0 aromatic heterocycles. The summed E-state index contributed by atoms with van der Waals surface area (Å²) in [6.07, 6.45) is 0. The Morgan fingerprint density at radius 1 is 0.722 bits per heavy atom. The Kier molecular flexibility index (Phi) is 6.36. The fraction of sp³-hybridized carbons (Fsp3) is 0. The third-order valence-electron chi connectivity index (χ3n) is 2.36. The second kappa shape index (κ2) is 7.29. The van der Waals surface area contributed by atoms with Gasteiger partial charge in [-0.2, -0.15) is 17.2 Å². The van der Waals surface area contributed by atoms with Gasteiger partial charge in [-0.05, 0) is 0 Å². The van der Waals surface area contributed by atoms with Gasteiger partial charge in [-0.15, -0.1) is 35.4 Å². The molecular weight excluding hydrogens is 281 g/mol. The summed E-state index contributed by atoms with van der Waals surface area (Å²) < 4.78 is 0. The monoisotopic (exact) mass is 288 g/mol. The van der Waals surface area contributed by atoms with Gasteiger partial charge in [0.15, 0.2) is 0 Å². The van der Waals surface area contributed by atoms with Gasteiger partial charge < -0.3 is 0 Å². The Hall–Kier alpha value is -0.353. The third-order valence-corrected chi connectivity index (χ3v) is 3.05. The van der Waals surface area contributed by atoms with Crippen LogP contribution in [0, 0.1) is 5.54 Å². The molecule has 0 saturated heterocycles. The maximum Gasteiger partial charge on any atom is 1.00 e. The third kappa shape index (κ3) is 3.82. The SMILES string of the molecule is Cl[C-]=C(c1ccc(Cl)cc1)c1ccc(Cl)cc1.[Li+]. The van der Waals surface area contributed by atoms with Crippen molar-refractivity contribution in [2.24, 2.45) is 0 Å². The molecule has 0 bridgehead atoms. The zero-order valence-corrected chi connectivity index (χ0v) is 12.0. The molecule has 0 aliphatic carbocycles. The van der Waals surface area contributed by atoms with Crippen molar-refractivity contribution in [3.8, 4) is 0 Å². The van der Waals surface area contributed by atoms with Crippen LogP contribution < -0.4 is 18.9 Å². The van der Waals surface area contributed by atoms with E-state index in [0.717, 1.165) is 16.7 Å². The van der Waals surface area contributed by atoms with Crippen LogP contribution in [0.2, 0.25) is 10.0 Å². The summed E-state index contributed by atoms with van der Waals surface area (Å²) in [6, 6.07) is 14.9. The minimum atomic E-state index is 0. The van der Waals surface area contributed by atoms with Crippen LogP contribution in [0.3, 0.4) is 0 Å². The van der Waals surface area contributed by atoms with E-state index in [9.17, 15) is 0 Å². The summed E-state index contributed by atoms with van der Waals surface area (Å²) in [5.74, 6) is 0. The first-order chi connectivity index (χ1) is 8.20. The molecule has 2 aromatic rings. The normalized spacial score (nSPS) is 9.50. The van der Waals surface area contributed by atoms with Crippen molar-refractivity contribution >= 4 is 40.4 Å². The van der Waals surface area contributed by atoms with Crippen molar-refractivity contribution in [3.63, 3.8) is 0 Å². The van der Waals surface area contributed by atoms with E-state index in [1.165, 1.54) is 0 Å². The van der Waals surface area contributed by atoms with Gasteiger partial charge in [-0.3, -0.25) is 0 Å². The molecule has 86 valence electrons. The summed E-state index contributed by atoms with van der Waals surface area (Å²) in [5.41, 5.74) is 5.42. The van der Waals surface area contributed by atoms with Crippen LogP contribution in [0.5, 0.6) is 0 Å². The number of rotatable bonds is 2. The summed E-state index contributed by atoms with van der Waals surface area (Å²) in [5, 5.41) is 1.39. The quantitative estimate of drug-likeness (QED) is 0.588. The van der Waals surface area contributed by atoms with Crippen LogP contribution in [-0.4, -0.2) is 0 Å². The molecule has 0 amide bonds. The minimum Gasteiger partial charge on any atom is -0.179 e. The maximum absolute atomic E-state index is 5.85. The molecular formula is C14H8Cl3Li. The first-order valence-electron chi connectivity index (χ1n) is 4.96. The summed E-state index contributed by atoms with van der Waals surface area (Å²) >= 11 is 17.5. The van der Waals surface area contributed by atoms with Gasteiger partial charge in [0.1, 0.15) is 0 Å². The Balaban J connectivity index is 0.00000162. The second-order valence-electron chi connectivity index (χ2n) is 3.48. The van der Waals surface area contributed by atoms with E-state index >= 15 is 0 Å². The van der Waals surface area contributed by atoms with Crippen LogP contribution in [0.25, 0.3) is 5.57 Å². The average Bonchev–Trinajstić information content (AvgIpc) is 2.35. The predicted molar refractivity (Wildman–Crippen MR) is 74.5 cm³/mol. The molecule has 2 rings (SSSR count). The predicted octanol–water partition coefficient (Wildman–Crippen LogP) is 2.43. The molecule has 0 heterocycles. The molecule has 4 heteroatoms. The first-order valence-corrected chi connectivity index (χ1v) is 6.09. The smallest absolute Gasteiger partial charge is 0.179 e. The second-order valence-corrected chi connectivity index (χ2v) is 4.55. The molecule has 0 atom stereocenters. The summed E-state index contributed by atoms with van der Waals surface area (Å²) in [6.45, 7) is 0. The zero-order valence-electron chi connectivity index (χ0n) is 9.75. The Bertz CT molecular complexity index is 482. The van der Waals surface area contributed by atoms with Gasteiger partial charge in [-0.25, -0.2) is 0 Å².